The summed E-state index contributed by atoms with van der Waals surface area (Å²) in [5.41, 5.74) is 3.50. The molecule has 1 aliphatic rings. The third-order valence-corrected chi connectivity index (χ3v) is 5.28. The van der Waals surface area contributed by atoms with Crippen LogP contribution in [0.2, 0.25) is 0 Å². The molecule has 2 amide bonds. The number of piperidine rings is 1. The smallest absolute Gasteiger partial charge is 0.321 e. The molecule has 1 atom stereocenters. The van der Waals surface area contributed by atoms with E-state index in [4.69, 9.17) is 0 Å². The molecule has 1 aliphatic heterocycles. The van der Waals surface area contributed by atoms with E-state index in [1.807, 2.05) is 49.1 Å². The van der Waals surface area contributed by atoms with Gasteiger partial charge in [-0.1, -0.05) is 36.4 Å². The second-order valence-corrected chi connectivity index (χ2v) is 7.76. The summed E-state index contributed by atoms with van der Waals surface area (Å²) in [7, 11) is 0. The average Bonchev–Trinajstić information content (AvgIpc) is 2.62. The van der Waals surface area contributed by atoms with Gasteiger partial charge in [0.15, 0.2) is 0 Å². The van der Waals surface area contributed by atoms with Crippen molar-refractivity contribution in [1.29, 1.82) is 0 Å². The first kappa shape index (κ1) is 18.5. The summed E-state index contributed by atoms with van der Waals surface area (Å²) in [6.45, 7) is 7.06. The maximum atomic E-state index is 12.7. The number of carbonyl (C=O) groups excluding carboxylic acids is 1. The SMILES string of the molecule is Cc1ccccc1-c1cccc(NC(=O)N2CCC[C@@H](C(C)(C)O)C2)c1. The summed E-state index contributed by atoms with van der Waals surface area (Å²) < 4.78 is 0. The van der Waals surface area contributed by atoms with Crippen molar-refractivity contribution in [3.05, 3.63) is 54.1 Å². The highest BCUT2D eigenvalue weighted by molar-refractivity contribution is 5.90. The fourth-order valence-electron chi connectivity index (χ4n) is 3.60. The lowest BCUT2D eigenvalue weighted by Crippen LogP contribution is -2.48. The van der Waals surface area contributed by atoms with Crippen LogP contribution in [0.1, 0.15) is 32.3 Å². The summed E-state index contributed by atoms with van der Waals surface area (Å²) in [5.74, 6) is 0.111. The van der Waals surface area contributed by atoms with Crippen LogP contribution in [-0.2, 0) is 0 Å². The molecule has 138 valence electrons. The minimum Gasteiger partial charge on any atom is -0.390 e. The molecule has 1 saturated heterocycles. The van der Waals surface area contributed by atoms with Gasteiger partial charge < -0.3 is 15.3 Å². The summed E-state index contributed by atoms with van der Waals surface area (Å²) in [4.78, 5) is 14.5. The van der Waals surface area contributed by atoms with E-state index in [0.717, 1.165) is 30.6 Å². The van der Waals surface area contributed by atoms with Gasteiger partial charge in [-0.2, -0.15) is 0 Å². The van der Waals surface area contributed by atoms with E-state index in [1.54, 1.807) is 0 Å². The van der Waals surface area contributed by atoms with Gasteiger partial charge in [0.1, 0.15) is 0 Å². The number of aliphatic hydroxyl groups is 1. The number of anilines is 1. The number of likely N-dealkylation sites (tertiary alicyclic amines) is 1. The standard InChI is InChI=1S/C22H28N2O2/c1-16-8-4-5-12-20(16)17-9-6-11-19(14-17)23-21(25)24-13-7-10-18(15-24)22(2,3)26/h4-6,8-9,11-12,14,18,26H,7,10,13,15H2,1-3H3,(H,23,25)/t18-/m1/s1. The van der Waals surface area contributed by atoms with Gasteiger partial charge in [0, 0.05) is 24.7 Å². The van der Waals surface area contributed by atoms with Gasteiger partial charge in [0.05, 0.1) is 5.60 Å². The number of hydrogen-bond donors (Lipinski definition) is 2. The zero-order chi connectivity index (χ0) is 18.7. The normalized spacial score (nSPS) is 17.8. The quantitative estimate of drug-likeness (QED) is 0.843. The lowest BCUT2D eigenvalue weighted by molar-refractivity contribution is -0.00973. The fraction of sp³-hybridized carbons (Fsp3) is 0.409. The molecule has 4 nitrogen and oxygen atoms in total. The Morgan fingerprint density at radius 2 is 1.96 bits per heavy atom. The summed E-state index contributed by atoms with van der Waals surface area (Å²) in [6, 6.07) is 16.1. The monoisotopic (exact) mass is 352 g/mol. The van der Waals surface area contributed by atoms with E-state index in [9.17, 15) is 9.90 Å². The number of urea groups is 1. The van der Waals surface area contributed by atoms with E-state index in [0.29, 0.717) is 6.54 Å². The van der Waals surface area contributed by atoms with E-state index < -0.39 is 5.60 Å². The van der Waals surface area contributed by atoms with Crippen molar-refractivity contribution < 1.29 is 9.90 Å². The van der Waals surface area contributed by atoms with Gasteiger partial charge in [-0.05, 0) is 62.4 Å². The lowest BCUT2D eigenvalue weighted by atomic mass is 9.84. The van der Waals surface area contributed by atoms with E-state index in [1.165, 1.54) is 11.1 Å². The Hall–Kier alpha value is -2.33. The predicted octanol–water partition coefficient (Wildman–Crippen LogP) is 4.68. The third-order valence-electron chi connectivity index (χ3n) is 5.28. The Morgan fingerprint density at radius 1 is 1.19 bits per heavy atom. The van der Waals surface area contributed by atoms with E-state index >= 15 is 0 Å². The fourth-order valence-corrected chi connectivity index (χ4v) is 3.60. The zero-order valence-electron chi connectivity index (χ0n) is 15.8. The molecule has 2 aromatic rings. The third kappa shape index (κ3) is 4.25. The average molecular weight is 352 g/mol. The number of nitrogens with one attached hydrogen (secondary N) is 1. The molecule has 0 spiro atoms. The van der Waals surface area contributed by atoms with Crippen molar-refractivity contribution in [3.63, 3.8) is 0 Å². The van der Waals surface area contributed by atoms with Gasteiger partial charge in [-0.15, -0.1) is 0 Å². The Kier molecular flexibility index (Phi) is 5.33. The molecular formula is C22H28N2O2. The largest absolute Gasteiger partial charge is 0.390 e. The molecule has 0 bridgehead atoms. The first-order chi connectivity index (χ1) is 12.3. The maximum absolute atomic E-state index is 12.7. The second kappa shape index (κ2) is 7.50. The second-order valence-electron chi connectivity index (χ2n) is 7.76. The molecule has 0 saturated carbocycles. The van der Waals surface area contributed by atoms with Crippen LogP contribution in [0.4, 0.5) is 10.5 Å². The zero-order valence-corrected chi connectivity index (χ0v) is 15.8. The van der Waals surface area contributed by atoms with Crippen LogP contribution in [0, 0.1) is 12.8 Å². The summed E-state index contributed by atoms with van der Waals surface area (Å²) in [5, 5.41) is 13.3. The minimum atomic E-state index is -0.760. The molecule has 2 N–H and O–H groups in total. The van der Waals surface area contributed by atoms with Crippen molar-refractivity contribution in [3.8, 4) is 11.1 Å². The van der Waals surface area contributed by atoms with Crippen LogP contribution >= 0.6 is 0 Å². The van der Waals surface area contributed by atoms with Crippen LogP contribution in [0.25, 0.3) is 11.1 Å². The highest BCUT2D eigenvalue weighted by atomic mass is 16.3. The van der Waals surface area contributed by atoms with E-state index in [-0.39, 0.29) is 11.9 Å². The van der Waals surface area contributed by atoms with Crippen LogP contribution < -0.4 is 5.32 Å². The molecule has 1 fully saturated rings. The molecular weight excluding hydrogens is 324 g/mol. The molecule has 26 heavy (non-hydrogen) atoms. The van der Waals surface area contributed by atoms with Crippen molar-refractivity contribution >= 4 is 11.7 Å². The Morgan fingerprint density at radius 3 is 2.69 bits per heavy atom. The van der Waals surface area contributed by atoms with Gasteiger partial charge >= 0.3 is 6.03 Å². The van der Waals surface area contributed by atoms with Crippen molar-refractivity contribution in [2.75, 3.05) is 18.4 Å². The van der Waals surface area contributed by atoms with Gasteiger partial charge in [-0.25, -0.2) is 4.79 Å². The summed E-state index contributed by atoms with van der Waals surface area (Å²) in [6.07, 6.45) is 1.88. The van der Waals surface area contributed by atoms with Crippen LogP contribution in [0.3, 0.4) is 0 Å². The number of carbonyl (C=O) groups is 1. The van der Waals surface area contributed by atoms with Crippen molar-refractivity contribution in [2.45, 2.75) is 39.2 Å². The minimum absolute atomic E-state index is 0.0964. The molecule has 4 heteroatoms. The lowest BCUT2D eigenvalue weighted by Gasteiger charge is -2.38. The van der Waals surface area contributed by atoms with Crippen LogP contribution in [0.15, 0.2) is 48.5 Å². The van der Waals surface area contributed by atoms with Crippen molar-refractivity contribution in [2.24, 2.45) is 5.92 Å². The van der Waals surface area contributed by atoms with Crippen LogP contribution in [-0.4, -0.2) is 34.7 Å². The van der Waals surface area contributed by atoms with Gasteiger partial charge in [-0.3, -0.25) is 0 Å². The topological polar surface area (TPSA) is 52.6 Å². The molecule has 0 aromatic heterocycles. The Bertz CT molecular complexity index is 780. The molecule has 3 rings (SSSR count). The Balaban J connectivity index is 1.72. The van der Waals surface area contributed by atoms with E-state index in [2.05, 4.69) is 30.4 Å². The van der Waals surface area contributed by atoms with Gasteiger partial charge in [0.25, 0.3) is 0 Å². The first-order valence-electron chi connectivity index (χ1n) is 9.29. The molecule has 0 radical (unpaired) electrons. The van der Waals surface area contributed by atoms with Crippen LogP contribution in [0.5, 0.6) is 0 Å². The summed E-state index contributed by atoms with van der Waals surface area (Å²) >= 11 is 0. The Labute approximate surface area is 155 Å². The predicted molar refractivity (Wildman–Crippen MR) is 106 cm³/mol. The first-order valence-corrected chi connectivity index (χ1v) is 9.29. The number of rotatable bonds is 3. The highest BCUT2D eigenvalue weighted by Gasteiger charge is 2.33. The number of hydrogen-bond acceptors (Lipinski definition) is 2. The highest BCUT2D eigenvalue weighted by Crippen LogP contribution is 2.28. The van der Waals surface area contributed by atoms with Crippen molar-refractivity contribution in [1.82, 2.24) is 4.90 Å². The molecule has 0 unspecified atom stereocenters. The molecule has 2 aromatic carbocycles. The maximum Gasteiger partial charge on any atom is 0.321 e. The number of amides is 2. The number of aryl methyl sites for hydroxylation is 1. The number of nitrogens with zero attached hydrogens (tertiary/aromatic N) is 1. The molecule has 0 aliphatic carbocycles. The van der Waals surface area contributed by atoms with Gasteiger partial charge in [0.2, 0.25) is 0 Å². The number of benzene rings is 2. The molecule has 1 heterocycles.